The first-order valence-electron chi connectivity index (χ1n) is 7.15. The van der Waals surface area contributed by atoms with Gasteiger partial charge in [-0.2, -0.15) is 14.3 Å². The molecule has 25 heavy (non-hydrogen) atoms. The Labute approximate surface area is 143 Å². The minimum atomic E-state index is -2.76. The van der Waals surface area contributed by atoms with Crippen molar-refractivity contribution in [3.05, 3.63) is 47.8 Å². The predicted octanol–water partition coefficient (Wildman–Crippen LogP) is 2.50. The smallest absolute Gasteiger partial charge is 0.201 e. The molecule has 4 aromatic rings. The minimum absolute atomic E-state index is 0.248. The number of aromatic nitrogens is 8. The maximum Gasteiger partial charge on any atom is 0.299 e. The van der Waals surface area contributed by atoms with Crippen molar-refractivity contribution in [3.63, 3.8) is 0 Å². The maximum absolute atomic E-state index is 13.0. The van der Waals surface area contributed by atoms with Crippen LogP contribution in [0.25, 0.3) is 11.3 Å². The highest BCUT2D eigenvalue weighted by molar-refractivity contribution is 7.99. The number of fused-ring (bicyclic) bond motifs is 1. The van der Waals surface area contributed by atoms with Crippen LogP contribution in [0.2, 0.25) is 0 Å². The topological polar surface area (TPSA) is 86.7 Å². The van der Waals surface area contributed by atoms with E-state index in [1.165, 1.54) is 0 Å². The molecule has 0 bridgehead atoms. The third kappa shape index (κ3) is 2.93. The molecule has 1 aromatic carbocycles. The van der Waals surface area contributed by atoms with Crippen molar-refractivity contribution >= 4 is 17.4 Å². The second-order valence-electron chi connectivity index (χ2n) is 5.11. The molecule has 8 nitrogen and oxygen atoms in total. The highest BCUT2D eigenvalue weighted by Gasteiger charge is 2.18. The summed E-state index contributed by atoms with van der Waals surface area (Å²) < 4.78 is 28.5. The SMILES string of the molecule is Cc1ccc(-n2nnnc2Sc2ccc3nnc(C(F)F)n3n2)cc1. The van der Waals surface area contributed by atoms with Crippen molar-refractivity contribution in [1.29, 1.82) is 0 Å². The summed E-state index contributed by atoms with van der Waals surface area (Å²) >= 11 is 1.15. The normalized spacial score (nSPS) is 11.5. The molecule has 0 fully saturated rings. The van der Waals surface area contributed by atoms with Gasteiger partial charge >= 0.3 is 0 Å². The summed E-state index contributed by atoms with van der Waals surface area (Å²) in [7, 11) is 0. The van der Waals surface area contributed by atoms with Crippen molar-refractivity contribution in [3.8, 4) is 5.69 Å². The lowest BCUT2D eigenvalue weighted by Gasteiger charge is -2.05. The molecule has 0 amide bonds. The van der Waals surface area contributed by atoms with E-state index in [2.05, 4.69) is 30.8 Å². The van der Waals surface area contributed by atoms with Crippen molar-refractivity contribution in [2.24, 2.45) is 0 Å². The number of tetrazole rings is 1. The second-order valence-corrected chi connectivity index (χ2v) is 6.10. The van der Waals surface area contributed by atoms with Crippen LogP contribution in [0.4, 0.5) is 8.78 Å². The summed E-state index contributed by atoms with van der Waals surface area (Å²) in [5.41, 5.74) is 2.15. The lowest BCUT2D eigenvalue weighted by Crippen LogP contribution is -2.02. The van der Waals surface area contributed by atoms with E-state index in [0.717, 1.165) is 27.5 Å². The number of halogens is 2. The fraction of sp³-hybridized carbons (Fsp3) is 0.143. The third-order valence-electron chi connectivity index (χ3n) is 3.37. The first-order chi connectivity index (χ1) is 12.1. The number of rotatable bonds is 4. The Kier molecular flexibility index (Phi) is 3.84. The molecule has 3 heterocycles. The number of nitrogens with zero attached hydrogens (tertiary/aromatic N) is 8. The Bertz CT molecular complexity index is 1030. The van der Waals surface area contributed by atoms with Gasteiger partial charge in [-0.05, 0) is 53.4 Å². The summed E-state index contributed by atoms with van der Waals surface area (Å²) in [5, 5.41) is 23.8. The third-order valence-corrected chi connectivity index (χ3v) is 4.24. The van der Waals surface area contributed by atoms with Gasteiger partial charge in [0, 0.05) is 0 Å². The van der Waals surface area contributed by atoms with Crippen LogP contribution >= 0.6 is 11.8 Å². The molecule has 0 aliphatic carbocycles. The molecule has 0 N–H and O–H groups in total. The van der Waals surface area contributed by atoms with Gasteiger partial charge in [-0.3, -0.25) is 0 Å². The Morgan fingerprint density at radius 1 is 1.00 bits per heavy atom. The highest BCUT2D eigenvalue weighted by atomic mass is 32.2. The van der Waals surface area contributed by atoms with Gasteiger partial charge in [0.2, 0.25) is 11.0 Å². The van der Waals surface area contributed by atoms with Crippen LogP contribution in [0.5, 0.6) is 0 Å². The van der Waals surface area contributed by atoms with Gasteiger partial charge in [0.05, 0.1) is 5.69 Å². The average Bonchev–Trinajstić information content (AvgIpc) is 3.22. The summed E-state index contributed by atoms with van der Waals surface area (Å²) in [4.78, 5) is 0. The van der Waals surface area contributed by atoms with Gasteiger partial charge in [-0.15, -0.1) is 15.3 Å². The molecule has 0 aliphatic heterocycles. The number of benzene rings is 1. The van der Waals surface area contributed by atoms with E-state index in [0.29, 0.717) is 10.2 Å². The highest BCUT2D eigenvalue weighted by Crippen LogP contribution is 2.26. The predicted molar refractivity (Wildman–Crippen MR) is 83.8 cm³/mol. The molecule has 0 saturated heterocycles. The van der Waals surface area contributed by atoms with Gasteiger partial charge < -0.3 is 0 Å². The Morgan fingerprint density at radius 2 is 1.80 bits per heavy atom. The van der Waals surface area contributed by atoms with Crippen LogP contribution in [0.15, 0.2) is 46.6 Å². The first-order valence-corrected chi connectivity index (χ1v) is 7.97. The molecule has 0 atom stereocenters. The number of hydrogen-bond acceptors (Lipinski definition) is 7. The van der Waals surface area contributed by atoms with Gasteiger partial charge in [0.1, 0.15) is 5.03 Å². The molecule has 3 aromatic heterocycles. The summed E-state index contributed by atoms with van der Waals surface area (Å²) in [5.74, 6) is -0.504. The molecule has 11 heteroatoms. The molecule has 0 saturated carbocycles. The lowest BCUT2D eigenvalue weighted by molar-refractivity contribution is 0.137. The van der Waals surface area contributed by atoms with Crippen LogP contribution in [-0.2, 0) is 0 Å². The van der Waals surface area contributed by atoms with Crippen LogP contribution in [0, 0.1) is 6.92 Å². The standard InChI is InChI=1S/C14H10F2N8S/c1-8-2-4-9(5-3-8)23-14(19-21-22-23)25-11-7-6-10-17-18-13(12(15)16)24(10)20-11/h2-7,12H,1H3. The van der Waals surface area contributed by atoms with Crippen LogP contribution in [0.1, 0.15) is 17.8 Å². The average molecular weight is 360 g/mol. The van der Waals surface area contributed by atoms with E-state index in [-0.39, 0.29) is 5.65 Å². The van der Waals surface area contributed by atoms with E-state index in [9.17, 15) is 8.78 Å². The van der Waals surface area contributed by atoms with Crippen molar-refractivity contribution < 1.29 is 8.78 Å². The number of hydrogen-bond donors (Lipinski definition) is 0. The summed E-state index contributed by atoms with van der Waals surface area (Å²) in [6.07, 6.45) is -2.76. The molecule has 0 spiro atoms. The van der Waals surface area contributed by atoms with Gasteiger partial charge in [0.15, 0.2) is 5.65 Å². The minimum Gasteiger partial charge on any atom is -0.201 e. The van der Waals surface area contributed by atoms with E-state index in [4.69, 9.17) is 0 Å². The summed E-state index contributed by atoms with van der Waals surface area (Å²) in [6, 6.07) is 10.9. The van der Waals surface area contributed by atoms with Gasteiger partial charge in [0.25, 0.3) is 6.43 Å². The van der Waals surface area contributed by atoms with Crippen LogP contribution in [-0.4, -0.2) is 40.0 Å². The number of aryl methyl sites for hydroxylation is 1. The quantitative estimate of drug-likeness (QED) is 0.552. The lowest BCUT2D eigenvalue weighted by atomic mass is 10.2. The summed E-state index contributed by atoms with van der Waals surface area (Å²) in [6.45, 7) is 1.98. The van der Waals surface area contributed by atoms with Crippen LogP contribution < -0.4 is 0 Å². The van der Waals surface area contributed by atoms with Crippen molar-refractivity contribution in [2.75, 3.05) is 0 Å². The fourth-order valence-electron chi connectivity index (χ4n) is 2.16. The zero-order chi connectivity index (χ0) is 17.4. The molecule has 4 rings (SSSR count). The van der Waals surface area contributed by atoms with E-state index < -0.39 is 12.2 Å². The van der Waals surface area contributed by atoms with Crippen molar-refractivity contribution in [2.45, 2.75) is 23.5 Å². The Balaban J connectivity index is 1.69. The molecule has 126 valence electrons. The molecular formula is C14H10F2N8S. The van der Waals surface area contributed by atoms with Gasteiger partial charge in [-0.25, -0.2) is 8.78 Å². The Hall–Kier alpha value is -2.95. The molecule has 0 aliphatic rings. The van der Waals surface area contributed by atoms with Crippen LogP contribution in [0.3, 0.4) is 0 Å². The molecule has 0 radical (unpaired) electrons. The monoisotopic (exact) mass is 360 g/mol. The molecule has 0 unspecified atom stereocenters. The van der Waals surface area contributed by atoms with Crippen molar-refractivity contribution in [1.82, 2.24) is 40.0 Å². The maximum atomic E-state index is 13.0. The second kappa shape index (κ2) is 6.16. The Morgan fingerprint density at radius 3 is 2.56 bits per heavy atom. The zero-order valence-electron chi connectivity index (χ0n) is 12.8. The zero-order valence-corrected chi connectivity index (χ0v) is 13.6. The van der Waals surface area contributed by atoms with E-state index in [1.54, 1.807) is 16.8 Å². The fourth-order valence-corrected chi connectivity index (χ4v) is 2.91. The number of alkyl halides is 2. The van der Waals surface area contributed by atoms with E-state index in [1.807, 2.05) is 31.2 Å². The first kappa shape index (κ1) is 15.6. The largest absolute Gasteiger partial charge is 0.299 e. The molecular weight excluding hydrogens is 350 g/mol. The van der Waals surface area contributed by atoms with E-state index >= 15 is 0 Å². The van der Waals surface area contributed by atoms with Gasteiger partial charge in [-0.1, -0.05) is 17.7 Å².